The number of hydrogen-bond donors (Lipinski definition) is 0. The van der Waals surface area contributed by atoms with Crippen molar-refractivity contribution in [2.75, 3.05) is 0 Å². The van der Waals surface area contributed by atoms with E-state index in [1.807, 2.05) is 0 Å². The van der Waals surface area contributed by atoms with Crippen LogP contribution < -0.4 is 0 Å². The summed E-state index contributed by atoms with van der Waals surface area (Å²) in [5.74, 6) is 1.30. The van der Waals surface area contributed by atoms with Crippen molar-refractivity contribution < 1.29 is 17.4 Å². The second-order valence-corrected chi connectivity index (χ2v) is 35.6. The van der Waals surface area contributed by atoms with Crippen LogP contribution in [-0.4, -0.2) is 6.88 Å². The third kappa shape index (κ3) is 2.06. The molecule has 0 saturated heterocycles. The van der Waals surface area contributed by atoms with Crippen molar-refractivity contribution in [3.05, 3.63) is 42.0 Å². The average Bonchev–Trinajstić information content (AvgIpc) is 2.70. The molecule has 0 radical (unpaired) electrons. The predicted octanol–water partition coefficient (Wildman–Crippen LogP) is 4.28. The molecule has 2 unspecified atom stereocenters. The fourth-order valence-corrected chi connectivity index (χ4v) is 26.6. The van der Waals surface area contributed by atoms with Gasteiger partial charge in [0, 0.05) is 0 Å². The molecule has 0 amide bonds. The van der Waals surface area contributed by atoms with Gasteiger partial charge < -0.3 is 0 Å². The van der Waals surface area contributed by atoms with Crippen LogP contribution in [0.1, 0.15) is 27.7 Å². The Kier molecular flexibility index (Phi) is 3.44. The van der Waals surface area contributed by atoms with Crippen LogP contribution in [0.25, 0.3) is 0 Å². The molecule has 2 rings (SSSR count). The summed E-state index contributed by atoms with van der Waals surface area (Å²) in [7, 11) is 0. The molecule has 0 aromatic rings. The monoisotopic (exact) mass is 336 g/mol. The van der Waals surface area contributed by atoms with E-state index in [4.69, 9.17) is 0 Å². The summed E-state index contributed by atoms with van der Waals surface area (Å²) in [6.07, 6.45) is 9.47. The Bertz CT molecular complexity index is 532. The summed E-state index contributed by atoms with van der Waals surface area (Å²) in [5, 5.41) is 0. The van der Waals surface area contributed by atoms with Gasteiger partial charge in [-0.2, -0.15) is 0 Å². The zero-order valence-electron chi connectivity index (χ0n) is 12.7. The molecule has 2 aliphatic carbocycles. The van der Waals surface area contributed by atoms with Gasteiger partial charge in [-0.05, 0) is 0 Å². The molecule has 0 nitrogen and oxygen atoms in total. The van der Waals surface area contributed by atoms with Crippen molar-refractivity contribution in [3.63, 3.8) is 0 Å². The molecular formula is C16H26SiZr. The number of rotatable bonds is 2. The van der Waals surface area contributed by atoms with E-state index in [2.05, 4.69) is 68.1 Å². The minimum absolute atomic E-state index is 0.649. The predicted molar refractivity (Wildman–Crippen MR) is 82.3 cm³/mol. The van der Waals surface area contributed by atoms with E-state index < -0.39 is 17.4 Å². The van der Waals surface area contributed by atoms with Crippen LogP contribution in [0.3, 0.4) is 0 Å². The Morgan fingerprint density at radius 3 is 1.44 bits per heavy atom. The van der Waals surface area contributed by atoms with Gasteiger partial charge in [-0.25, -0.2) is 0 Å². The average molecular weight is 338 g/mol. The van der Waals surface area contributed by atoms with Crippen LogP contribution in [0.4, 0.5) is 0 Å². The molecule has 0 aromatic heterocycles. The van der Waals surface area contributed by atoms with Gasteiger partial charge in [-0.3, -0.25) is 0 Å². The Hall–Kier alpha value is 0.0600. The molecule has 2 atom stereocenters. The van der Waals surface area contributed by atoms with Gasteiger partial charge in [-0.15, -0.1) is 0 Å². The molecule has 0 fully saturated rings. The maximum absolute atomic E-state index is 2.92. The molecule has 0 bridgehead atoms. The van der Waals surface area contributed by atoms with Crippen molar-refractivity contribution >= 4 is 6.88 Å². The van der Waals surface area contributed by atoms with E-state index in [1.165, 1.54) is 0 Å². The van der Waals surface area contributed by atoms with Crippen LogP contribution in [0.2, 0.25) is 9.26 Å². The molecule has 0 saturated carbocycles. The van der Waals surface area contributed by atoms with Gasteiger partial charge in [0.15, 0.2) is 0 Å². The minimum atomic E-state index is -2.92. The van der Waals surface area contributed by atoms with Crippen molar-refractivity contribution in [3.8, 4) is 0 Å². The van der Waals surface area contributed by atoms with Crippen molar-refractivity contribution in [2.45, 2.75) is 37.0 Å². The molecule has 0 aromatic carbocycles. The topological polar surface area (TPSA) is 0 Å². The van der Waals surface area contributed by atoms with Crippen molar-refractivity contribution in [1.29, 1.82) is 0 Å². The standard InChI is InChI=1S/2C7H9.2CH3.H2Si.Zr/c2*1-6-3-4-7(2)5-6;;;;/h2*3-4,6H,1-2H3;2*1H3;1H2;. The fraction of sp³-hybridized carbons (Fsp3) is 0.500. The summed E-state index contributed by atoms with van der Waals surface area (Å²) in [6, 6.07) is 0. The molecule has 0 aliphatic heterocycles. The Labute approximate surface area is 114 Å². The first-order valence-corrected chi connectivity index (χ1v) is 20.3. The van der Waals surface area contributed by atoms with E-state index in [-0.39, 0.29) is 0 Å². The molecule has 98 valence electrons. The molecule has 0 N–H and O–H groups in total. The molecule has 0 heterocycles. The Morgan fingerprint density at radius 2 is 1.22 bits per heavy atom. The Morgan fingerprint density at radius 1 is 0.889 bits per heavy atom. The van der Waals surface area contributed by atoms with Gasteiger partial charge in [0.25, 0.3) is 0 Å². The zero-order chi connectivity index (χ0) is 13.7. The summed E-state index contributed by atoms with van der Waals surface area (Å²) in [4.78, 5) is 0. The first-order valence-electron chi connectivity index (χ1n) is 7.00. The van der Waals surface area contributed by atoms with Crippen LogP contribution >= 0.6 is 0 Å². The SMILES string of the molecule is CC1=[C]([Zr]([CH3])([CH3])(=[SiH2])[C]2=C(C)C=CC2C)C(C)C=C1. The van der Waals surface area contributed by atoms with E-state index in [0.717, 1.165) is 0 Å². The zero-order valence-corrected chi connectivity index (χ0v) is 16.5. The molecule has 2 aliphatic rings. The van der Waals surface area contributed by atoms with Crippen LogP contribution in [-0.2, 0) is 17.4 Å². The normalized spacial score (nSPS) is 28.8. The van der Waals surface area contributed by atoms with E-state index >= 15 is 0 Å². The molecule has 2 heteroatoms. The van der Waals surface area contributed by atoms with Crippen LogP contribution in [0, 0.1) is 11.8 Å². The van der Waals surface area contributed by atoms with Gasteiger partial charge in [-0.1, -0.05) is 0 Å². The van der Waals surface area contributed by atoms with Crippen molar-refractivity contribution in [2.24, 2.45) is 11.8 Å². The summed E-state index contributed by atoms with van der Waals surface area (Å²) in [5.41, 5.74) is 3.10. The first kappa shape index (κ1) is 14.5. The fourth-order valence-electron chi connectivity index (χ4n) is 4.54. The first-order chi connectivity index (χ1) is 8.13. The quantitative estimate of drug-likeness (QED) is 0.660. The van der Waals surface area contributed by atoms with Crippen molar-refractivity contribution in [1.82, 2.24) is 0 Å². The van der Waals surface area contributed by atoms with E-state index in [9.17, 15) is 0 Å². The molecule has 0 spiro atoms. The van der Waals surface area contributed by atoms with Crippen LogP contribution in [0.5, 0.6) is 0 Å². The Balaban J connectivity index is 2.65. The van der Waals surface area contributed by atoms with Gasteiger partial charge in [0.1, 0.15) is 0 Å². The second-order valence-electron chi connectivity index (χ2n) is 7.17. The van der Waals surface area contributed by atoms with Gasteiger partial charge in [0.2, 0.25) is 0 Å². The van der Waals surface area contributed by atoms with E-state index in [1.54, 1.807) is 17.7 Å². The summed E-state index contributed by atoms with van der Waals surface area (Å²) in [6.45, 7) is 11.7. The summed E-state index contributed by atoms with van der Waals surface area (Å²) >= 11 is -2.92. The number of allylic oxidation sites excluding steroid dienone is 8. The molecule has 18 heavy (non-hydrogen) atoms. The van der Waals surface area contributed by atoms with Gasteiger partial charge >= 0.3 is 115 Å². The second kappa shape index (κ2) is 4.28. The molecular weight excluding hydrogens is 311 g/mol. The van der Waals surface area contributed by atoms with Gasteiger partial charge in [0.05, 0.1) is 0 Å². The third-order valence-corrected chi connectivity index (χ3v) is 21.9. The van der Waals surface area contributed by atoms with Crippen LogP contribution in [0.15, 0.2) is 42.0 Å². The summed E-state index contributed by atoms with van der Waals surface area (Å²) < 4.78 is 8.87. The third-order valence-electron chi connectivity index (χ3n) is 4.76. The van der Waals surface area contributed by atoms with E-state index in [0.29, 0.717) is 11.8 Å². The maximum atomic E-state index is 2.63. The number of hydrogen-bond acceptors (Lipinski definition) is 0.